The summed E-state index contributed by atoms with van der Waals surface area (Å²) in [7, 11) is -1.64. The normalized spacial score (nSPS) is 13.9. The molecular formula is C24H53O3PSn. The Morgan fingerprint density at radius 3 is 1.66 bits per heavy atom. The van der Waals surface area contributed by atoms with Gasteiger partial charge in [0, 0.05) is 0 Å². The Hall–Kier alpha value is 1.11. The van der Waals surface area contributed by atoms with Gasteiger partial charge in [0.15, 0.2) is 0 Å². The van der Waals surface area contributed by atoms with Crippen LogP contribution in [0.3, 0.4) is 0 Å². The first-order valence-corrected chi connectivity index (χ1v) is 20.1. The molecule has 5 heteroatoms. The van der Waals surface area contributed by atoms with Crippen LogP contribution in [0, 0.1) is 5.92 Å². The van der Waals surface area contributed by atoms with Gasteiger partial charge in [-0.1, -0.05) is 0 Å². The fourth-order valence-electron chi connectivity index (χ4n) is 3.78. The van der Waals surface area contributed by atoms with Crippen molar-refractivity contribution in [3.05, 3.63) is 0 Å². The minimum absolute atomic E-state index is 0.571. The van der Waals surface area contributed by atoms with Crippen molar-refractivity contribution in [1.82, 2.24) is 0 Å². The van der Waals surface area contributed by atoms with E-state index in [4.69, 9.17) is 7.38 Å². The van der Waals surface area contributed by atoms with Gasteiger partial charge in [0.25, 0.3) is 0 Å². The van der Waals surface area contributed by atoms with Crippen molar-refractivity contribution < 1.29 is 12.3 Å². The van der Waals surface area contributed by atoms with E-state index in [0.717, 1.165) is 6.42 Å². The molecule has 2 atom stereocenters. The number of unbranched alkanes of at least 4 members (excludes halogenated alkanes) is 11. The first-order valence-electron chi connectivity index (χ1n) is 13.0. The molecule has 0 bridgehead atoms. The summed E-state index contributed by atoms with van der Waals surface area (Å²) in [5.41, 5.74) is 0. The van der Waals surface area contributed by atoms with Gasteiger partial charge < -0.3 is 0 Å². The Kier molecular flexibility index (Phi) is 24.7. The summed E-state index contributed by atoms with van der Waals surface area (Å²) in [5.74, 6) is 0.571. The third-order valence-electron chi connectivity index (χ3n) is 5.96. The van der Waals surface area contributed by atoms with E-state index in [9.17, 15) is 4.89 Å². The molecule has 0 rings (SSSR count). The second-order valence-corrected chi connectivity index (χ2v) is 18.4. The van der Waals surface area contributed by atoms with Gasteiger partial charge in [-0.25, -0.2) is 0 Å². The van der Waals surface area contributed by atoms with Crippen LogP contribution >= 0.6 is 8.60 Å². The van der Waals surface area contributed by atoms with E-state index >= 15 is 0 Å². The molecule has 0 fully saturated rings. The molecular weight excluding hydrogens is 486 g/mol. The summed E-state index contributed by atoms with van der Waals surface area (Å²) in [5, 5.41) is 0. The topological polar surface area (TPSA) is 38.7 Å². The molecule has 0 saturated carbocycles. The van der Waals surface area contributed by atoms with E-state index in [0.29, 0.717) is 12.5 Å². The van der Waals surface area contributed by atoms with Gasteiger partial charge in [-0.05, 0) is 0 Å². The molecule has 0 aromatic heterocycles. The Balaban J connectivity index is 4.20. The van der Waals surface area contributed by atoms with Crippen LogP contribution in [0.2, 0.25) is 8.87 Å². The summed E-state index contributed by atoms with van der Waals surface area (Å²) in [6, 6.07) is 0. The van der Waals surface area contributed by atoms with Crippen molar-refractivity contribution >= 4 is 28.8 Å². The molecule has 0 saturated heterocycles. The fourth-order valence-corrected chi connectivity index (χ4v) is 14.2. The van der Waals surface area contributed by atoms with Crippen LogP contribution in [0.4, 0.5) is 0 Å². The van der Waals surface area contributed by atoms with Crippen molar-refractivity contribution in [2.24, 2.45) is 5.92 Å². The molecule has 0 aromatic rings. The van der Waals surface area contributed by atoms with E-state index in [2.05, 4.69) is 27.7 Å². The molecule has 0 amide bonds. The van der Waals surface area contributed by atoms with Gasteiger partial charge in [-0.15, -0.1) is 0 Å². The molecule has 0 heterocycles. The van der Waals surface area contributed by atoms with Crippen LogP contribution in [0.15, 0.2) is 0 Å². The molecule has 0 aliphatic carbocycles. The van der Waals surface area contributed by atoms with E-state index in [1.165, 1.54) is 105 Å². The third-order valence-corrected chi connectivity index (χ3v) is 16.9. The van der Waals surface area contributed by atoms with Gasteiger partial charge in [-0.2, -0.15) is 0 Å². The molecule has 176 valence electrons. The van der Waals surface area contributed by atoms with Crippen molar-refractivity contribution in [3.63, 3.8) is 0 Å². The Morgan fingerprint density at radius 1 is 0.690 bits per heavy atom. The second-order valence-electron chi connectivity index (χ2n) is 8.79. The predicted molar refractivity (Wildman–Crippen MR) is 133 cm³/mol. The summed E-state index contributed by atoms with van der Waals surface area (Å²) in [6.45, 7) is 9.68. The molecule has 29 heavy (non-hydrogen) atoms. The van der Waals surface area contributed by atoms with Crippen LogP contribution in [0.5, 0.6) is 0 Å². The second kappa shape index (κ2) is 23.8. The quantitative estimate of drug-likeness (QED) is 0.0801. The summed E-state index contributed by atoms with van der Waals surface area (Å²) >= 11 is -2.13. The maximum absolute atomic E-state index is 10.4. The number of hydrogen-bond acceptors (Lipinski definition) is 3. The molecule has 0 spiro atoms. The molecule has 2 unspecified atom stereocenters. The number of hydrogen-bond donors (Lipinski definition) is 1. The SMILES string of the molecule is CCCCCCC[CH2][SnH]([CH2]CCCCCCC)[O]P(O)OCC(CC)CCCC. The maximum atomic E-state index is 10.4. The Bertz CT molecular complexity index is 305. The van der Waals surface area contributed by atoms with Crippen LogP contribution in [0.1, 0.15) is 130 Å². The molecule has 0 radical (unpaired) electrons. The van der Waals surface area contributed by atoms with Crippen molar-refractivity contribution in [2.75, 3.05) is 6.61 Å². The van der Waals surface area contributed by atoms with E-state index in [1.54, 1.807) is 0 Å². The monoisotopic (exact) mass is 540 g/mol. The predicted octanol–water partition coefficient (Wildman–Crippen LogP) is 8.90. The van der Waals surface area contributed by atoms with E-state index < -0.39 is 28.8 Å². The van der Waals surface area contributed by atoms with Gasteiger partial charge in [0.05, 0.1) is 0 Å². The average molecular weight is 539 g/mol. The summed E-state index contributed by atoms with van der Waals surface area (Å²) in [6.07, 6.45) is 20.9. The van der Waals surface area contributed by atoms with E-state index in [-0.39, 0.29) is 0 Å². The van der Waals surface area contributed by atoms with Crippen LogP contribution < -0.4 is 0 Å². The summed E-state index contributed by atoms with van der Waals surface area (Å²) < 4.78 is 14.6. The molecule has 3 nitrogen and oxygen atoms in total. The number of rotatable bonds is 23. The van der Waals surface area contributed by atoms with Gasteiger partial charge >= 0.3 is 193 Å². The third kappa shape index (κ3) is 20.7. The van der Waals surface area contributed by atoms with E-state index in [1.807, 2.05) is 0 Å². The van der Waals surface area contributed by atoms with Crippen LogP contribution in [-0.4, -0.2) is 31.7 Å². The first kappa shape index (κ1) is 30.1. The Labute approximate surface area is 192 Å². The van der Waals surface area contributed by atoms with Crippen molar-refractivity contribution in [1.29, 1.82) is 0 Å². The zero-order valence-electron chi connectivity index (χ0n) is 20.3. The van der Waals surface area contributed by atoms with Crippen LogP contribution in [0.25, 0.3) is 0 Å². The first-order chi connectivity index (χ1) is 14.2. The standard InChI is InChI=1S/C8H18O3P.2C8H17.Sn.H/c1-3-5-6-8(4-2)7-11-12(9)10;2*1-3-5-7-8-6-4-2;;/h8-9H,3-7H2,1-2H3;2*1,3-8H2,2H3;;/q-1;;;+1;. The Morgan fingerprint density at radius 2 is 1.17 bits per heavy atom. The zero-order valence-corrected chi connectivity index (χ0v) is 24.5. The van der Waals surface area contributed by atoms with Gasteiger partial charge in [-0.3, -0.25) is 0 Å². The molecule has 0 aliphatic rings. The molecule has 0 aliphatic heterocycles. The summed E-state index contributed by atoms with van der Waals surface area (Å²) in [4.78, 5) is 10.4. The molecule has 1 N–H and O–H groups in total. The fraction of sp³-hybridized carbons (Fsp3) is 1.00. The van der Waals surface area contributed by atoms with Crippen molar-refractivity contribution in [2.45, 2.75) is 139 Å². The zero-order chi connectivity index (χ0) is 21.6. The van der Waals surface area contributed by atoms with Crippen molar-refractivity contribution in [3.8, 4) is 0 Å². The van der Waals surface area contributed by atoms with Crippen LogP contribution in [-0.2, 0) is 7.38 Å². The van der Waals surface area contributed by atoms with Gasteiger partial charge in [0.1, 0.15) is 0 Å². The minimum atomic E-state index is -2.13. The average Bonchev–Trinajstić information content (AvgIpc) is 2.72. The molecule has 0 aromatic carbocycles. The van der Waals surface area contributed by atoms with Gasteiger partial charge in [0.2, 0.25) is 0 Å².